The Morgan fingerprint density at radius 1 is 0.818 bits per heavy atom. The summed E-state index contributed by atoms with van der Waals surface area (Å²) >= 11 is 0. The Bertz CT molecular complexity index is 515. The van der Waals surface area contributed by atoms with E-state index < -0.39 is 16.5 Å². The van der Waals surface area contributed by atoms with Gasteiger partial charge >= 0.3 is 11.1 Å². The van der Waals surface area contributed by atoms with Gasteiger partial charge in [0.05, 0.1) is 12.8 Å². The molecule has 0 radical (unpaired) electrons. The molecule has 5 aliphatic rings. The highest BCUT2D eigenvalue weighted by Gasteiger charge is 2.89. The largest absolute Gasteiger partial charge is 0.329 e. The van der Waals surface area contributed by atoms with Gasteiger partial charge in [0, 0.05) is 9.85 Å². The van der Waals surface area contributed by atoms with E-state index in [0.29, 0.717) is 26.2 Å². The quantitative estimate of drug-likeness (QED) is 0.461. The molecule has 0 aromatic heterocycles. The van der Waals surface area contributed by atoms with Gasteiger partial charge in [-0.15, -0.1) is 0 Å². The topological polar surface area (TPSA) is 95.2 Å². The first-order valence-electron chi connectivity index (χ1n) is 8.21. The highest BCUT2D eigenvalue weighted by atomic mass is 16.6. The standard InChI is InChI=1S/C14H22N4O4/c1-11(2)12(17(19)20)7-15-9-13(11,18(21)22)10-16(8-12)14(15)5-3-4-6-14/h3-10H2,1-2H3/p+2. The molecule has 8 nitrogen and oxygen atoms in total. The molecule has 0 unspecified atom stereocenters. The van der Waals surface area contributed by atoms with E-state index in [4.69, 9.17) is 0 Å². The van der Waals surface area contributed by atoms with Crippen molar-refractivity contribution in [1.82, 2.24) is 0 Å². The first-order valence-corrected chi connectivity index (χ1v) is 8.21. The number of nitro groups is 2. The van der Waals surface area contributed by atoms with Crippen LogP contribution < -0.4 is 9.80 Å². The van der Waals surface area contributed by atoms with Crippen LogP contribution in [0.15, 0.2) is 0 Å². The van der Waals surface area contributed by atoms with Gasteiger partial charge in [-0.1, -0.05) is 0 Å². The van der Waals surface area contributed by atoms with Crippen molar-refractivity contribution in [2.24, 2.45) is 5.41 Å². The molecule has 4 heterocycles. The van der Waals surface area contributed by atoms with Crippen LogP contribution in [0.25, 0.3) is 0 Å². The van der Waals surface area contributed by atoms with Gasteiger partial charge in [0.2, 0.25) is 5.66 Å². The maximum Gasteiger partial charge on any atom is 0.329 e. The Hall–Kier alpha value is -1.28. The van der Waals surface area contributed by atoms with Gasteiger partial charge in [-0.3, -0.25) is 30.0 Å². The van der Waals surface area contributed by atoms with Crippen molar-refractivity contribution < 1.29 is 19.6 Å². The third kappa shape index (κ3) is 1.21. The summed E-state index contributed by atoms with van der Waals surface area (Å²) in [5.74, 6) is 0. The molecule has 1 spiro atoms. The van der Waals surface area contributed by atoms with E-state index in [2.05, 4.69) is 0 Å². The van der Waals surface area contributed by atoms with Gasteiger partial charge in [-0.25, -0.2) is 0 Å². The fourth-order valence-electron chi connectivity index (χ4n) is 6.31. The van der Waals surface area contributed by atoms with Gasteiger partial charge in [-0.2, -0.15) is 0 Å². The highest BCUT2D eigenvalue weighted by molar-refractivity contribution is 5.13. The van der Waals surface area contributed by atoms with Crippen molar-refractivity contribution >= 4 is 0 Å². The van der Waals surface area contributed by atoms with Crippen LogP contribution in [-0.4, -0.2) is 52.8 Å². The molecule has 0 aromatic carbocycles. The molecule has 0 aromatic rings. The van der Waals surface area contributed by atoms with E-state index in [0.717, 1.165) is 35.5 Å². The van der Waals surface area contributed by atoms with Crippen LogP contribution in [0.3, 0.4) is 0 Å². The van der Waals surface area contributed by atoms with Crippen LogP contribution in [0.5, 0.6) is 0 Å². The summed E-state index contributed by atoms with van der Waals surface area (Å²) < 4.78 is 0. The maximum absolute atomic E-state index is 12.0. The van der Waals surface area contributed by atoms with Gasteiger partial charge in [0.1, 0.15) is 5.41 Å². The number of nitrogens with one attached hydrogen (secondary N) is 2. The predicted octanol–water partition coefficient (Wildman–Crippen LogP) is -1.88. The van der Waals surface area contributed by atoms with E-state index in [1.165, 1.54) is 0 Å². The molecule has 4 bridgehead atoms. The number of hydrogen-bond donors (Lipinski definition) is 2. The number of hydrogen-bond acceptors (Lipinski definition) is 4. The normalized spacial score (nSPS) is 47.0. The van der Waals surface area contributed by atoms with E-state index >= 15 is 0 Å². The average Bonchev–Trinajstić information content (AvgIpc) is 2.87. The van der Waals surface area contributed by atoms with Crippen molar-refractivity contribution in [2.75, 3.05) is 26.2 Å². The lowest BCUT2D eigenvalue weighted by atomic mass is 9.52. The summed E-state index contributed by atoms with van der Waals surface area (Å²) in [5, 5.41) is 24.0. The van der Waals surface area contributed by atoms with Crippen LogP contribution in [0.2, 0.25) is 0 Å². The van der Waals surface area contributed by atoms with Gasteiger partial charge < -0.3 is 0 Å². The smallest absolute Gasteiger partial charge is 0.271 e. The lowest BCUT2D eigenvalue weighted by molar-refractivity contribution is -1.22. The predicted molar refractivity (Wildman–Crippen MR) is 75.8 cm³/mol. The molecular formula is C14H24N4O4+2. The fraction of sp³-hybridized carbons (Fsp3) is 1.00. The van der Waals surface area contributed by atoms with Crippen molar-refractivity contribution in [3.63, 3.8) is 0 Å². The number of quaternary nitrogens is 2. The number of piperidine rings is 2. The van der Waals surface area contributed by atoms with E-state index in [9.17, 15) is 20.2 Å². The minimum atomic E-state index is -1.17. The van der Waals surface area contributed by atoms with E-state index in [-0.39, 0.29) is 15.5 Å². The van der Waals surface area contributed by atoms with Crippen LogP contribution >= 0.6 is 0 Å². The monoisotopic (exact) mass is 312 g/mol. The molecule has 4 aliphatic heterocycles. The average molecular weight is 312 g/mol. The summed E-state index contributed by atoms with van der Waals surface area (Å²) in [6.45, 7) is 5.33. The van der Waals surface area contributed by atoms with Crippen molar-refractivity contribution in [2.45, 2.75) is 56.3 Å². The molecule has 4 saturated heterocycles. The first-order chi connectivity index (χ1) is 10.2. The van der Waals surface area contributed by atoms with Gasteiger partial charge in [0.15, 0.2) is 26.2 Å². The lowest BCUT2D eigenvalue weighted by Gasteiger charge is -2.64. The summed E-state index contributed by atoms with van der Waals surface area (Å²) in [6, 6.07) is 0. The third-order valence-electron chi connectivity index (χ3n) is 7.86. The molecule has 5 rings (SSSR count). The van der Waals surface area contributed by atoms with E-state index in [1.807, 2.05) is 0 Å². The Morgan fingerprint density at radius 2 is 1.18 bits per heavy atom. The second-order valence-corrected chi connectivity index (χ2v) is 8.41. The van der Waals surface area contributed by atoms with Crippen LogP contribution in [-0.2, 0) is 0 Å². The maximum atomic E-state index is 12.0. The Labute approximate surface area is 128 Å². The molecule has 0 amide bonds. The van der Waals surface area contributed by atoms with Crippen molar-refractivity contribution in [3.05, 3.63) is 20.2 Å². The molecule has 0 atom stereocenters. The SMILES string of the molecule is CC1(C)C2([N+](=O)[O-])C[NH+]3CC1([N+](=O)[O-])C[NH+](C2)C31CCCC1. The van der Waals surface area contributed by atoms with Crippen LogP contribution in [0, 0.1) is 25.6 Å². The Kier molecular flexibility index (Phi) is 2.46. The molecular weight excluding hydrogens is 288 g/mol. The Balaban J connectivity index is 1.90. The zero-order valence-corrected chi connectivity index (χ0v) is 13.2. The minimum absolute atomic E-state index is 0.00944. The second-order valence-electron chi connectivity index (χ2n) is 8.41. The molecule has 1 aliphatic carbocycles. The minimum Gasteiger partial charge on any atom is -0.271 e. The van der Waals surface area contributed by atoms with E-state index in [1.54, 1.807) is 13.8 Å². The summed E-state index contributed by atoms with van der Waals surface area (Å²) in [4.78, 5) is 25.9. The third-order valence-corrected chi connectivity index (χ3v) is 7.86. The van der Waals surface area contributed by atoms with Crippen molar-refractivity contribution in [3.8, 4) is 0 Å². The van der Waals surface area contributed by atoms with Crippen molar-refractivity contribution in [1.29, 1.82) is 0 Å². The van der Waals surface area contributed by atoms with Gasteiger partial charge in [-0.05, 0) is 26.7 Å². The fourth-order valence-corrected chi connectivity index (χ4v) is 6.31. The summed E-state index contributed by atoms with van der Waals surface area (Å²) in [6.07, 6.45) is 4.40. The highest BCUT2D eigenvalue weighted by Crippen LogP contribution is 2.49. The van der Waals surface area contributed by atoms with Crippen LogP contribution in [0.1, 0.15) is 39.5 Å². The second kappa shape index (κ2) is 3.79. The molecule has 122 valence electrons. The van der Waals surface area contributed by atoms with Crippen LogP contribution in [0.4, 0.5) is 0 Å². The molecule has 2 N–H and O–H groups in total. The zero-order chi connectivity index (χ0) is 16.0. The Morgan fingerprint density at radius 3 is 1.50 bits per heavy atom. The summed E-state index contributed by atoms with van der Waals surface area (Å²) in [5.41, 5.74) is -3.25. The summed E-state index contributed by atoms with van der Waals surface area (Å²) in [7, 11) is 0. The van der Waals surface area contributed by atoms with Gasteiger partial charge in [0.25, 0.3) is 0 Å². The number of nitrogens with zero attached hydrogens (tertiary/aromatic N) is 2. The molecule has 8 heteroatoms. The lowest BCUT2D eigenvalue weighted by Crippen LogP contribution is -3.51. The first kappa shape index (κ1) is 14.3. The zero-order valence-electron chi connectivity index (χ0n) is 13.2. The molecule has 22 heavy (non-hydrogen) atoms. The number of rotatable bonds is 2. The molecule has 5 fully saturated rings. The molecule has 1 saturated carbocycles.